The van der Waals surface area contributed by atoms with Gasteiger partial charge in [-0.2, -0.15) is 0 Å². The number of carbonyl (C=O) groups is 1. The third-order valence-corrected chi connectivity index (χ3v) is 6.09. The predicted molar refractivity (Wildman–Crippen MR) is 110 cm³/mol. The van der Waals surface area contributed by atoms with Crippen molar-refractivity contribution in [3.05, 3.63) is 74.1 Å². The Morgan fingerprint density at radius 2 is 2.00 bits per heavy atom. The molecule has 1 amide bonds. The van der Waals surface area contributed by atoms with Crippen LogP contribution in [0, 0.1) is 6.92 Å². The summed E-state index contributed by atoms with van der Waals surface area (Å²) in [5.41, 5.74) is 1.43. The summed E-state index contributed by atoms with van der Waals surface area (Å²) in [5.74, 6) is 0.236. The number of aromatic amines is 1. The Kier molecular flexibility index (Phi) is 4.45. The molecule has 0 saturated heterocycles. The zero-order valence-corrected chi connectivity index (χ0v) is 16.3. The summed E-state index contributed by atoms with van der Waals surface area (Å²) in [7, 11) is 1.67. The highest BCUT2D eigenvalue weighted by atomic mass is 35.5. The van der Waals surface area contributed by atoms with Gasteiger partial charge in [0.05, 0.1) is 22.5 Å². The lowest BCUT2D eigenvalue weighted by Gasteiger charge is -2.16. The minimum atomic E-state index is -0.216. The molecule has 2 aromatic heterocycles. The van der Waals surface area contributed by atoms with Gasteiger partial charge in [0.2, 0.25) is 0 Å². The van der Waals surface area contributed by atoms with Crippen LogP contribution in [-0.4, -0.2) is 27.8 Å². The predicted octanol–water partition coefficient (Wildman–Crippen LogP) is 4.37. The molecule has 0 saturated carbocycles. The fourth-order valence-electron chi connectivity index (χ4n) is 3.09. The second-order valence-corrected chi connectivity index (χ2v) is 7.81. The SMILES string of the molecule is Cc1cccc2sc(C(=O)N(C)Cc3nc4ccccc4c(=O)[nH]3)c(Cl)c12. The van der Waals surface area contributed by atoms with Crippen molar-refractivity contribution in [3.63, 3.8) is 0 Å². The minimum absolute atomic E-state index is 0.183. The molecule has 0 aliphatic rings. The molecular weight excluding hydrogens is 382 g/mol. The van der Waals surface area contributed by atoms with Crippen LogP contribution in [0.25, 0.3) is 21.0 Å². The second kappa shape index (κ2) is 6.79. The Balaban J connectivity index is 1.67. The highest BCUT2D eigenvalue weighted by molar-refractivity contribution is 7.21. The molecule has 0 atom stereocenters. The molecule has 4 rings (SSSR count). The Bertz CT molecular complexity index is 1250. The summed E-state index contributed by atoms with van der Waals surface area (Å²) in [6, 6.07) is 13.0. The Morgan fingerprint density at radius 1 is 1.22 bits per heavy atom. The zero-order valence-electron chi connectivity index (χ0n) is 14.7. The first-order valence-corrected chi connectivity index (χ1v) is 9.56. The Morgan fingerprint density at radius 3 is 2.78 bits per heavy atom. The number of amides is 1. The molecule has 0 spiro atoms. The molecule has 0 fully saturated rings. The van der Waals surface area contributed by atoms with Crippen molar-refractivity contribution >= 4 is 49.8 Å². The first kappa shape index (κ1) is 17.7. The van der Waals surface area contributed by atoms with Gasteiger partial charge in [-0.3, -0.25) is 9.59 Å². The van der Waals surface area contributed by atoms with Crippen molar-refractivity contribution in [1.82, 2.24) is 14.9 Å². The lowest BCUT2D eigenvalue weighted by atomic mass is 10.1. The first-order chi connectivity index (χ1) is 13.0. The molecule has 7 heteroatoms. The zero-order chi connectivity index (χ0) is 19.1. The van der Waals surface area contributed by atoms with Gasteiger partial charge in [-0.25, -0.2) is 4.98 Å². The van der Waals surface area contributed by atoms with Crippen molar-refractivity contribution in [2.24, 2.45) is 0 Å². The van der Waals surface area contributed by atoms with E-state index in [9.17, 15) is 9.59 Å². The van der Waals surface area contributed by atoms with E-state index in [0.29, 0.717) is 26.6 Å². The largest absolute Gasteiger partial charge is 0.333 e. The maximum absolute atomic E-state index is 12.9. The van der Waals surface area contributed by atoms with Crippen LogP contribution in [-0.2, 0) is 6.54 Å². The number of benzene rings is 2. The number of hydrogen-bond acceptors (Lipinski definition) is 4. The Labute approximate surface area is 164 Å². The fraction of sp³-hybridized carbons (Fsp3) is 0.150. The van der Waals surface area contributed by atoms with Crippen LogP contribution in [0.1, 0.15) is 21.1 Å². The lowest BCUT2D eigenvalue weighted by molar-refractivity contribution is 0.0786. The second-order valence-electron chi connectivity index (χ2n) is 6.38. The Hall–Kier alpha value is -2.70. The van der Waals surface area contributed by atoms with E-state index in [0.717, 1.165) is 15.6 Å². The van der Waals surface area contributed by atoms with Crippen LogP contribution >= 0.6 is 22.9 Å². The third kappa shape index (κ3) is 3.11. The van der Waals surface area contributed by atoms with Crippen molar-refractivity contribution < 1.29 is 4.79 Å². The van der Waals surface area contributed by atoms with E-state index in [4.69, 9.17) is 11.6 Å². The molecule has 0 aliphatic carbocycles. The molecule has 0 aliphatic heterocycles. The van der Waals surface area contributed by atoms with E-state index in [1.165, 1.54) is 16.2 Å². The van der Waals surface area contributed by atoms with Gasteiger partial charge in [0, 0.05) is 17.1 Å². The third-order valence-electron chi connectivity index (χ3n) is 4.46. The van der Waals surface area contributed by atoms with Crippen LogP contribution in [0.4, 0.5) is 0 Å². The first-order valence-electron chi connectivity index (χ1n) is 8.36. The molecular formula is C20H16ClN3O2S. The molecule has 0 bridgehead atoms. The molecule has 2 heterocycles. The van der Waals surface area contributed by atoms with E-state index in [1.807, 2.05) is 31.2 Å². The molecule has 27 heavy (non-hydrogen) atoms. The fourth-order valence-corrected chi connectivity index (χ4v) is 4.76. The monoisotopic (exact) mass is 397 g/mol. The normalized spacial score (nSPS) is 11.2. The number of aromatic nitrogens is 2. The quantitative estimate of drug-likeness (QED) is 0.558. The van der Waals surface area contributed by atoms with E-state index >= 15 is 0 Å². The summed E-state index contributed by atoms with van der Waals surface area (Å²) < 4.78 is 0.981. The standard InChI is InChI=1S/C20H16ClN3O2S/c1-11-6-5-9-14-16(11)17(21)18(27-14)20(26)24(2)10-15-22-13-8-4-3-7-12(13)19(25)23-15/h3-9H,10H2,1-2H3,(H,22,23,25). The van der Waals surface area contributed by atoms with Crippen LogP contribution in [0.15, 0.2) is 47.3 Å². The number of carbonyl (C=O) groups excluding carboxylic acids is 1. The van der Waals surface area contributed by atoms with E-state index < -0.39 is 0 Å². The highest BCUT2D eigenvalue weighted by Crippen LogP contribution is 2.37. The summed E-state index contributed by atoms with van der Waals surface area (Å²) in [6.07, 6.45) is 0. The topological polar surface area (TPSA) is 66.1 Å². The van der Waals surface area contributed by atoms with Crippen LogP contribution < -0.4 is 5.56 Å². The average Bonchev–Trinajstić information content (AvgIpc) is 2.99. The van der Waals surface area contributed by atoms with Gasteiger partial charge in [-0.15, -0.1) is 11.3 Å². The van der Waals surface area contributed by atoms with Crippen molar-refractivity contribution in [1.29, 1.82) is 0 Å². The maximum Gasteiger partial charge on any atom is 0.265 e. The minimum Gasteiger partial charge on any atom is -0.333 e. The van der Waals surface area contributed by atoms with Gasteiger partial charge in [-0.1, -0.05) is 35.9 Å². The van der Waals surface area contributed by atoms with Gasteiger partial charge in [-0.05, 0) is 30.7 Å². The van der Waals surface area contributed by atoms with Crippen molar-refractivity contribution in [2.75, 3.05) is 7.05 Å². The molecule has 5 nitrogen and oxygen atoms in total. The number of thiophene rings is 1. The van der Waals surface area contributed by atoms with Crippen molar-refractivity contribution in [3.8, 4) is 0 Å². The number of hydrogen-bond donors (Lipinski definition) is 1. The molecule has 0 radical (unpaired) electrons. The molecule has 2 aromatic carbocycles. The van der Waals surface area contributed by atoms with Gasteiger partial charge >= 0.3 is 0 Å². The van der Waals surface area contributed by atoms with Crippen molar-refractivity contribution in [2.45, 2.75) is 13.5 Å². The summed E-state index contributed by atoms with van der Waals surface area (Å²) in [5, 5.41) is 1.92. The smallest absolute Gasteiger partial charge is 0.265 e. The van der Waals surface area contributed by atoms with E-state index in [1.54, 1.807) is 25.2 Å². The van der Waals surface area contributed by atoms with E-state index in [-0.39, 0.29) is 18.0 Å². The summed E-state index contributed by atoms with van der Waals surface area (Å²) >= 11 is 7.87. The van der Waals surface area contributed by atoms with Crippen LogP contribution in [0.2, 0.25) is 5.02 Å². The lowest BCUT2D eigenvalue weighted by Crippen LogP contribution is -2.28. The average molecular weight is 398 g/mol. The molecule has 4 aromatic rings. The molecule has 136 valence electrons. The van der Waals surface area contributed by atoms with Gasteiger partial charge < -0.3 is 9.88 Å². The summed E-state index contributed by atoms with van der Waals surface area (Å²) in [6.45, 7) is 2.16. The van der Waals surface area contributed by atoms with Gasteiger partial charge in [0.15, 0.2) is 0 Å². The van der Waals surface area contributed by atoms with Crippen LogP contribution in [0.5, 0.6) is 0 Å². The number of fused-ring (bicyclic) bond motifs is 2. The number of H-pyrrole nitrogens is 1. The van der Waals surface area contributed by atoms with Gasteiger partial charge in [0.25, 0.3) is 11.5 Å². The van der Waals surface area contributed by atoms with Gasteiger partial charge in [0.1, 0.15) is 10.7 Å². The number of halogens is 1. The maximum atomic E-state index is 12.9. The number of nitrogens with one attached hydrogen (secondary N) is 1. The molecule has 0 unspecified atom stereocenters. The number of rotatable bonds is 3. The van der Waals surface area contributed by atoms with E-state index in [2.05, 4.69) is 9.97 Å². The van der Waals surface area contributed by atoms with Crippen LogP contribution in [0.3, 0.4) is 0 Å². The number of nitrogens with zero attached hydrogens (tertiary/aromatic N) is 2. The number of para-hydroxylation sites is 1. The highest BCUT2D eigenvalue weighted by Gasteiger charge is 2.22. The summed E-state index contributed by atoms with van der Waals surface area (Å²) in [4.78, 5) is 34.3. The molecule has 1 N–H and O–H groups in total. The number of aryl methyl sites for hydroxylation is 1.